The Balaban J connectivity index is 1.51. The fourth-order valence-electron chi connectivity index (χ4n) is 5.88. The van der Waals surface area contributed by atoms with Crippen molar-refractivity contribution in [3.8, 4) is 16.9 Å². The van der Waals surface area contributed by atoms with Gasteiger partial charge in [-0.3, -0.25) is 9.00 Å². The second kappa shape index (κ2) is 9.85. The van der Waals surface area contributed by atoms with Crippen LogP contribution in [0.4, 0.5) is 5.69 Å². The van der Waals surface area contributed by atoms with Gasteiger partial charge in [-0.1, -0.05) is 22.8 Å². The number of halogens is 1. The van der Waals surface area contributed by atoms with Crippen LogP contribution in [0.25, 0.3) is 22.2 Å². The van der Waals surface area contributed by atoms with Gasteiger partial charge in [0.25, 0.3) is 0 Å². The molecule has 1 atom stereocenters. The molecule has 0 unspecified atom stereocenters. The first-order chi connectivity index (χ1) is 18.3. The standard InChI is InChI=1S/C28H29ClN4O4S/c1-16-27(17(2)37-31-16)18-4-5-24-23(12-18)30-28(33(24)20-8-10-38(35)11-9-20)25-6-7-26(34)32(25)21-13-19(29)14-22(15-21)36-3/h4-5,12-15,20,25H,6-11H2,1-3H3/t20?,25-,38?/m0/s1. The monoisotopic (exact) mass is 552 g/mol. The molecule has 2 fully saturated rings. The van der Waals surface area contributed by atoms with E-state index in [2.05, 4.69) is 27.9 Å². The molecule has 1 amide bonds. The molecule has 4 aromatic rings. The number of benzene rings is 2. The quantitative estimate of drug-likeness (QED) is 0.305. The van der Waals surface area contributed by atoms with Crippen molar-refractivity contribution in [2.45, 2.75) is 51.6 Å². The largest absolute Gasteiger partial charge is 0.497 e. The predicted octanol–water partition coefficient (Wildman–Crippen LogP) is 5.92. The lowest BCUT2D eigenvalue weighted by atomic mass is 10.0. The zero-order valence-corrected chi connectivity index (χ0v) is 23.1. The Morgan fingerprint density at radius 1 is 1.11 bits per heavy atom. The summed E-state index contributed by atoms with van der Waals surface area (Å²) in [7, 11) is 0.798. The van der Waals surface area contributed by atoms with Crippen molar-refractivity contribution in [1.29, 1.82) is 0 Å². The molecule has 38 heavy (non-hydrogen) atoms. The molecule has 6 rings (SSSR count). The first-order valence-electron chi connectivity index (χ1n) is 12.8. The lowest BCUT2D eigenvalue weighted by Crippen LogP contribution is -2.31. The maximum atomic E-state index is 13.2. The van der Waals surface area contributed by atoms with Gasteiger partial charge in [-0.15, -0.1) is 0 Å². The van der Waals surface area contributed by atoms with Crippen molar-refractivity contribution in [2.75, 3.05) is 23.5 Å². The Hall–Kier alpha value is -3.17. The topological polar surface area (TPSA) is 90.5 Å². The zero-order valence-electron chi connectivity index (χ0n) is 21.6. The van der Waals surface area contributed by atoms with Crippen LogP contribution in [-0.2, 0) is 15.6 Å². The van der Waals surface area contributed by atoms with E-state index in [-0.39, 0.29) is 18.0 Å². The van der Waals surface area contributed by atoms with E-state index in [9.17, 15) is 9.00 Å². The number of carbonyl (C=O) groups is 1. The van der Waals surface area contributed by atoms with Gasteiger partial charge in [0, 0.05) is 57.1 Å². The number of hydrogen-bond donors (Lipinski definition) is 0. The average molecular weight is 553 g/mol. The lowest BCUT2D eigenvalue weighted by molar-refractivity contribution is -0.117. The molecule has 0 radical (unpaired) electrons. The minimum atomic E-state index is -0.787. The molecule has 0 spiro atoms. The van der Waals surface area contributed by atoms with Gasteiger partial charge in [0.05, 0.1) is 29.9 Å². The SMILES string of the molecule is COc1cc(Cl)cc(N2C(=O)CC[C@H]2c2nc3cc(-c4c(C)noc4C)ccc3n2C2CCS(=O)CC2)c1. The van der Waals surface area contributed by atoms with E-state index < -0.39 is 10.8 Å². The van der Waals surface area contributed by atoms with E-state index in [0.29, 0.717) is 40.8 Å². The summed E-state index contributed by atoms with van der Waals surface area (Å²) in [5, 5.41) is 4.62. The van der Waals surface area contributed by atoms with Crippen LogP contribution in [0.15, 0.2) is 40.9 Å². The zero-order chi connectivity index (χ0) is 26.6. The molecule has 8 nitrogen and oxygen atoms in total. The Labute approximate surface area is 228 Å². The number of anilines is 1. The van der Waals surface area contributed by atoms with Crippen molar-refractivity contribution < 1.29 is 18.3 Å². The van der Waals surface area contributed by atoms with E-state index in [1.54, 1.807) is 19.2 Å². The number of aryl methyl sites for hydroxylation is 2. The van der Waals surface area contributed by atoms with E-state index in [1.807, 2.05) is 24.8 Å². The number of amides is 1. The highest BCUT2D eigenvalue weighted by molar-refractivity contribution is 7.85. The number of hydrogen-bond acceptors (Lipinski definition) is 6. The predicted molar refractivity (Wildman–Crippen MR) is 148 cm³/mol. The maximum Gasteiger partial charge on any atom is 0.227 e. The molecule has 2 aromatic heterocycles. The third-order valence-electron chi connectivity index (χ3n) is 7.64. The van der Waals surface area contributed by atoms with Crippen molar-refractivity contribution in [1.82, 2.24) is 14.7 Å². The Kier molecular flexibility index (Phi) is 6.52. The number of carbonyl (C=O) groups excluding carboxylic acids is 1. The molecule has 4 heterocycles. The molecule has 2 aliphatic heterocycles. The first kappa shape index (κ1) is 25.1. The summed E-state index contributed by atoms with van der Waals surface area (Å²) >= 11 is 6.39. The van der Waals surface area contributed by atoms with Crippen molar-refractivity contribution >= 4 is 45.0 Å². The summed E-state index contributed by atoms with van der Waals surface area (Å²) in [6, 6.07) is 11.5. The number of rotatable bonds is 5. The summed E-state index contributed by atoms with van der Waals surface area (Å²) in [5.74, 6) is 3.56. The van der Waals surface area contributed by atoms with Crippen LogP contribution in [-0.4, -0.2) is 43.4 Å². The Bertz CT molecular complexity index is 1550. The highest BCUT2D eigenvalue weighted by Gasteiger charge is 2.38. The summed E-state index contributed by atoms with van der Waals surface area (Å²) in [4.78, 5) is 20.2. The number of fused-ring (bicyclic) bond motifs is 1. The van der Waals surface area contributed by atoms with Crippen LogP contribution in [0, 0.1) is 13.8 Å². The molecule has 2 saturated heterocycles. The van der Waals surface area contributed by atoms with E-state index in [1.165, 1.54) is 0 Å². The normalized spacial score (nSPS) is 21.9. The summed E-state index contributed by atoms with van der Waals surface area (Å²) < 4.78 is 25.3. The first-order valence-corrected chi connectivity index (χ1v) is 14.7. The molecular formula is C28H29ClN4O4S. The molecular weight excluding hydrogens is 524 g/mol. The third-order valence-corrected chi connectivity index (χ3v) is 9.24. The maximum absolute atomic E-state index is 13.2. The van der Waals surface area contributed by atoms with Crippen LogP contribution in [0.5, 0.6) is 5.75 Å². The summed E-state index contributed by atoms with van der Waals surface area (Å²) in [6.07, 6.45) is 2.68. The van der Waals surface area contributed by atoms with Crippen LogP contribution >= 0.6 is 11.6 Å². The number of aromatic nitrogens is 3. The fraction of sp³-hybridized carbons (Fsp3) is 0.393. The van der Waals surface area contributed by atoms with Gasteiger partial charge in [-0.25, -0.2) is 4.98 Å². The number of methoxy groups -OCH3 is 1. The van der Waals surface area contributed by atoms with Crippen LogP contribution in [0.3, 0.4) is 0 Å². The number of ether oxygens (including phenoxy) is 1. The minimum absolute atomic E-state index is 0.0269. The van der Waals surface area contributed by atoms with Crippen molar-refractivity contribution in [3.63, 3.8) is 0 Å². The van der Waals surface area contributed by atoms with E-state index >= 15 is 0 Å². The summed E-state index contributed by atoms with van der Waals surface area (Å²) in [5.41, 5.74) is 5.36. The molecule has 2 aromatic carbocycles. The smallest absolute Gasteiger partial charge is 0.227 e. The highest BCUT2D eigenvalue weighted by atomic mass is 35.5. The molecule has 198 valence electrons. The second-order valence-electron chi connectivity index (χ2n) is 9.99. The molecule has 0 saturated carbocycles. The van der Waals surface area contributed by atoms with E-state index in [4.69, 9.17) is 25.8 Å². The van der Waals surface area contributed by atoms with Gasteiger partial charge in [0.1, 0.15) is 17.3 Å². The number of imidazole rings is 1. The average Bonchev–Trinajstić information content (AvgIpc) is 3.57. The van der Waals surface area contributed by atoms with Gasteiger partial charge < -0.3 is 18.7 Å². The van der Waals surface area contributed by atoms with Crippen molar-refractivity contribution in [2.24, 2.45) is 0 Å². The molecule has 2 aliphatic rings. The van der Waals surface area contributed by atoms with Crippen LogP contribution in [0.1, 0.15) is 55.0 Å². The van der Waals surface area contributed by atoms with Crippen LogP contribution < -0.4 is 9.64 Å². The van der Waals surface area contributed by atoms with Gasteiger partial charge >= 0.3 is 0 Å². The summed E-state index contributed by atoms with van der Waals surface area (Å²) in [6.45, 7) is 3.84. The molecule has 0 aliphatic carbocycles. The second-order valence-corrected chi connectivity index (χ2v) is 12.1. The van der Waals surface area contributed by atoms with Gasteiger partial charge in [-0.05, 0) is 62.9 Å². The lowest BCUT2D eigenvalue weighted by Gasteiger charge is -2.30. The Morgan fingerprint density at radius 3 is 2.61 bits per heavy atom. The van der Waals surface area contributed by atoms with Gasteiger partial charge in [-0.2, -0.15) is 0 Å². The molecule has 0 N–H and O–H groups in total. The van der Waals surface area contributed by atoms with Gasteiger partial charge in [0.2, 0.25) is 5.91 Å². The Morgan fingerprint density at radius 2 is 1.89 bits per heavy atom. The van der Waals surface area contributed by atoms with E-state index in [0.717, 1.165) is 52.3 Å². The molecule has 10 heteroatoms. The minimum Gasteiger partial charge on any atom is -0.497 e. The third kappa shape index (κ3) is 4.31. The number of nitrogens with zero attached hydrogens (tertiary/aromatic N) is 4. The van der Waals surface area contributed by atoms with Crippen molar-refractivity contribution in [3.05, 3.63) is 58.7 Å². The molecule has 0 bridgehead atoms. The van der Waals surface area contributed by atoms with Crippen LogP contribution in [0.2, 0.25) is 5.02 Å². The fourth-order valence-corrected chi connectivity index (χ4v) is 7.38. The van der Waals surface area contributed by atoms with Gasteiger partial charge in [0.15, 0.2) is 0 Å². The highest BCUT2D eigenvalue weighted by Crippen LogP contribution is 2.42.